The Morgan fingerprint density at radius 3 is 2.26 bits per heavy atom. The van der Waals surface area contributed by atoms with Crippen molar-refractivity contribution >= 4 is 62.0 Å². The maximum atomic E-state index is 6.20. The lowest BCUT2D eigenvalue weighted by Crippen LogP contribution is -2.32. The maximum absolute atomic E-state index is 6.20. The molecule has 1 aromatic carbocycles. The number of terminal acetylenes is 1. The second-order valence-corrected chi connectivity index (χ2v) is 11.5. The average molecular weight is 515 g/mol. The molecule has 0 radical (unpaired) electrons. The molecule has 2 unspecified atom stereocenters. The summed E-state index contributed by atoms with van der Waals surface area (Å²) in [4.78, 5) is 0. The Morgan fingerprint density at radius 1 is 1.15 bits per heavy atom. The van der Waals surface area contributed by atoms with Gasteiger partial charge in [0.1, 0.15) is 13.6 Å². The van der Waals surface area contributed by atoms with E-state index in [9.17, 15) is 0 Å². The first kappa shape index (κ1) is 21.8. The van der Waals surface area contributed by atoms with E-state index in [0.717, 1.165) is 26.8 Å². The van der Waals surface area contributed by atoms with E-state index in [0.29, 0.717) is 5.92 Å². The van der Waals surface area contributed by atoms with Gasteiger partial charge in [0.15, 0.2) is 0 Å². The Hall–Kier alpha value is 0.0949. The lowest BCUT2D eigenvalue weighted by atomic mass is 9.68. The van der Waals surface area contributed by atoms with E-state index in [2.05, 4.69) is 51.7 Å². The van der Waals surface area contributed by atoms with Crippen LogP contribution in [0.5, 0.6) is 5.75 Å². The molecule has 146 valence electrons. The first-order chi connectivity index (χ1) is 12.8. The number of halogens is 2. The summed E-state index contributed by atoms with van der Waals surface area (Å²) in [7, 11) is 5.02. The average Bonchev–Trinajstić information content (AvgIpc) is 2.66. The third-order valence-corrected chi connectivity index (χ3v) is 8.81. The standard InChI is InChI=1S/C22H30BClIOP/c1-3-22(2,24)26-19-13-12-18(20(23)21(19)27)16-6-4-14(5-7-16)15-8-10-17(25)11-9-15/h1,12-17H,4-11,23,27H2,2H3. The highest BCUT2D eigenvalue weighted by molar-refractivity contribution is 14.1. The zero-order valence-electron chi connectivity index (χ0n) is 16.4. The molecule has 2 atom stereocenters. The van der Waals surface area contributed by atoms with Crippen LogP contribution in [0.4, 0.5) is 0 Å². The molecule has 1 aromatic rings. The van der Waals surface area contributed by atoms with Crippen molar-refractivity contribution in [2.24, 2.45) is 11.8 Å². The van der Waals surface area contributed by atoms with E-state index in [1.54, 1.807) is 6.92 Å². The van der Waals surface area contributed by atoms with E-state index < -0.39 is 5.06 Å². The second-order valence-electron chi connectivity index (χ2n) is 8.48. The largest absolute Gasteiger partial charge is 0.461 e. The van der Waals surface area contributed by atoms with Crippen molar-refractivity contribution in [1.29, 1.82) is 0 Å². The third kappa shape index (κ3) is 5.37. The molecule has 0 saturated heterocycles. The van der Waals surface area contributed by atoms with Crippen LogP contribution in [0.25, 0.3) is 0 Å². The Kier molecular flexibility index (Phi) is 7.49. The van der Waals surface area contributed by atoms with Crippen LogP contribution in [0.15, 0.2) is 12.1 Å². The third-order valence-electron chi connectivity index (χ3n) is 6.66. The van der Waals surface area contributed by atoms with E-state index in [-0.39, 0.29) is 0 Å². The highest BCUT2D eigenvalue weighted by Gasteiger charge is 2.31. The zero-order chi connectivity index (χ0) is 19.6. The molecule has 0 aliphatic heterocycles. The van der Waals surface area contributed by atoms with Gasteiger partial charge in [-0.25, -0.2) is 0 Å². The molecule has 0 heterocycles. The molecule has 0 bridgehead atoms. The first-order valence-corrected chi connectivity index (χ1v) is 12.4. The minimum absolute atomic E-state index is 0.672. The molecule has 3 rings (SSSR count). The van der Waals surface area contributed by atoms with Crippen molar-refractivity contribution in [2.75, 3.05) is 0 Å². The predicted molar refractivity (Wildman–Crippen MR) is 132 cm³/mol. The normalized spacial score (nSPS) is 30.9. The van der Waals surface area contributed by atoms with Crippen molar-refractivity contribution in [3.05, 3.63) is 17.7 Å². The summed E-state index contributed by atoms with van der Waals surface area (Å²) in [6.45, 7) is 1.70. The Morgan fingerprint density at radius 2 is 1.70 bits per heavy atom. The van der Waals surface area contributed by atoms with Gasteiger partial charge in [-0.1, -0.05) is 51.3 Å². The van der Waals surface area contributed by atoms with Crippen molar-refractivity contribution < 1.29 is 4.74 Å². The van der Waals surface area contributed by atoms with Gasteiger partial charge in [-0.15, -0.1) is 15.7 Å². The summed E-state index contributed by atoms with van der Waals surface area (Å²) in [6.07, 6.45) is 16.6. The quantitative estimate of drug-likeness (QED) is 0.186. The fraction of sp³-hybridized carbons (Fsp3) is 0.636. The summed E-state index contributed by atoms with van der Waals surface area (Å²) in [5.74, 6) is 5.86. The fourth-order valence-electron chi connectivity index (χ4n) is 4.94. The summed E-state index contributed by atoms with van der Waals surface area (Å²) in [6, 6.07) is 4.27. The van der Waals surface area contributed by atoms with E-state index in [1.165, 1.54) is 62.4 Å². The van der Waals surface area contributed by atoms with Crippen molar-refractivity contribution in [1.82, 2.24) is 0 Å². The molecular weight excluding hydrogens is 484 g/mol. The monoisotopic (exact) mass is 514 g/mol. The molecule has 2 saturated carbocycles. The number of hydrogen-bond acceptors (Lipinski definition) is 1. The molecule has 5 heteroatoms. The number of benzene rings is 1. The minimum Gasteiger partial charge on any atom is -0.461 e. The molecule has 0 aromatic heterocycles. The molecular formula is C22H30BClIOP. The van der Waals surface area contributed by atoms with Gasteiger partial charge in [-0.3, -0.25) is 0 Å². The van der Waals surface area contributed by atoms with Crippen LogP contribution in [0.2, 0.25) is 0 Å². The van der Waals surface area contributed by atoms with Crippen LogP contribution in [0.1, 0.15) is 69.8 Å². The SMILES string of the molecule is Bc1c(C2CCC(C3CCC(I)CC3)CC2)ccc(OC(C)(Cl)C#C)c1P. The van der Waals surface area contributed by atoms with Gasteiger partial charge in [0.2, 0.25) is 5.06 Å². The molecule has 27 heavy (non-hydrogen) atoms. The van der Waals surface area contributed by atoms with Crippen LogP contribution >= 0.6 is 43.4 Å². The van der Waals surface area contributed by atoms with Crippen LogP contribution in [-0.2, 0) is 0 Å². The Bertz CT molecular complexity index is 701. The number of ether oxygens (including phenoxy) is 1. The van der Waals surface area contributed by atoms with E-state index in [1.807, 2.05) is 6.07 Å². The molecule has 0 N–H and O–H groups in total. The predicted octanol–water partition coefficient (Wildman–Crippen LogP) is 4.68. The summed E-state index contributed by atoms with van der Waals surface area (Å²) in [5.41, 5.74) is 2.77. The number of alkyl halides is 2. The van der Waals surface area contributed by atoms with Crippen molar-refractivity contribution in [2.45, 2.75) is 73.2 Å². The Labute approximate surface area is 186 Å². The van der Waals surface area contributed by atoms with Crippen molar-refractivity contribution in [3.8, 4) is 18.1 Å². The van der Waals surface area contributed by atoms with Crippen LogP contribution < -0.4 is 15.5 Å². The Balaban J connectivity index is 1.64. The first-order valence-electron chi connectivity index (χ1n) is 10.2. The molecule has 0 amide bonds. The lowest BCUT2D eigenvalue weighted by molar-refractivity contribution is 0.190. The van der Waals surface area contributed by atoms with Gasteiger partial charge in [0.25, 0.3) is 0 Å². The van der Waals surface area contributed by atoms with Gasteiger partial charge in [0, 0.05) is 16.2 Å². The van der Waals surface area contributed by atoms with E-state index >= 15 is 0 Å². The highest BCUT2D eigenvalue weighted by atomic mass is 127. The molecule has 2 fully saturated rings. The maximum Gasteiger partial charge on any atom is 0.241 e. The van der Waals surface area contributed by atoms with Gasteiger partial charge >= 0.3 is 0 Å². The smallest absolute Gasteiger partial charge is 0.241 e. The van der Waals surface area contributed by atoms with Gasteiger partial charge in [-0.05, 0) is 81.1 Å². The molecule has 1 nitrogen and oxygen atoms in total. The number of hydrogen-bond donors (Lipinski definition) is 0. The van der Waals surface area contributed by atoms with Crippen LogP contribution in [0, 0.1) is 24.2 Å². The summed E-state index contributed by atoms with van der Waals surface area (Å²) in [5, 5.41) is -0.0222. The molecule has 0 spiro atoms. The van der Waals surface area contributed by atoms with Gasteiger partial charge in [0.05, 0.1) is 0 Å². The lowest BCUT2D eigenvalue weighted by Gasteiger charge is -2.37. The second kappa shape index (κ2) is 9.27. The molecule has 2 aliphatic carbocycles. The minimum atomic E-state index is -1.10. The molecule has 2 aliphatic rings. The van der Waals surface area contributed by atoms with Crippen LogP contribution in [-0.4, -0.2) is 16.8 Å². The number of rotatable bonds is 4. The highest BCUT2D eigenvalue weighted by Crippen LogP contribution is 2.43. The topological polar surface area (TPSA) is 9.23 Å². The fourth-order valence-corrected chi connectivity index (χ4v) is 6.06. The summed E-state index contributed by atoms with van der Waals surface area (Å²) < 4.78 is 6.74. The van der Waals surface area contributed by atoms with Crippen LogP contribution in [0.3, 0.4) is 0 Å². The summed E-state index contributed by atoms with van der Waals surface area (Å²) >= 11 is 8.84. The zero-order valence-corrected chi connectivity index (χ0v) is 20.5. The van der Waals surface area contributed by atoms with Gasteiger partial charge in [-0.2, -0.15) is 0 Å². The van der Waals surface area contributed by atoms with E-state index in [4.69, 9.17) is 22.8 Å². The van der Waals surface area contributed by atoms with Gasteiger partial charge < -0.3 is 4.74 Å². The van der Waals surface area contributed by atoms with Crippen molar-refractivity contribution in [3.63, 3.8) is 0 Å².